The Kier molecular flexibility index (Phi) is 8.81. The van der Waals surface area contributed by atoms with Gasteiger partial charge in [0, 0.05) is 12.2 Å². The molecule has 1 aliphatic carbocycles. The molecule has 0 aromatic heterocycles. The molecule has 2 aromatic carbocycles. The lowest BCUT2D eigenvalue weighted by molar-refractivity contribution is 0.414. The average Bonchev–Trinajstić information content (AvgIpc) is 3.24. The summed E-state index contributed by atoms with van der Waals surface area (Å²) in [7, 11) is 1.69. The van der Waals surface area contributed by atoms with Gasteiger partial charge in [0.25, 0.3) is 0 Å². The first-order chi connectivity index (χ1) is 12.9. The van der Waals surface area contributed by atoms with Crippen LogP contribution < -0.4 is 10.1 Å². The van der Waals surface area contributed by atoms with E-state index in [1.165, 1.54) is 11.6 Å². The molecule has 0 heterocycles. The maximum Gasteiger partial charge on any atom is 0.123 e. The summed E-state index contributed by atoms with van der Waals surface area (Å²) in [5.41, 5.74) is 3.60. The fourth-order valence-corrected chi connectivity index (χ4v) is 3.64. The van der Waals surface area contributed by atoms with Gasteiger partial charge in [0.05, 0.1) is 7.11 Å². The van der Waals surface area contributed by atoms with Gasteiger partial charge in [0.1, 0.15) is 11.6 Å². The summed E-state index contributed by atoms with van der Waals surface area (Å²) in [5, 5.41) is 3.49. The first-order valence-corrected chi connectivity index (χ1v) is 10.1. The van der Waals surface area contributed by atoms with Crippen molar-refractivity contribution in [2.75, 3.05) is 19.0 Å². The van der Waals surface area contributed by atoms with E-state index in [9.17, 15) is 4.39 Å². The molecule has 0 radical (unpaired) electrons. The van der Waals surface area contributed by atoms with Crippen molar-refractivity contribution in [3.8, 4) is 5.75 Å². The van der Waals surface area contributed by atoms with Crippen LogP contribution in [0, 0.1) is 24.1 Å². The molecular formula is C24H36FNO. The highest BCUT2D eigenvalue weighted by Gasteiger charge is 2.57. The van der Waals surface area contributed by atoms with Crippen LogP contribution in [0.4, 0.5) is 10.1 Å². The maximum absolute atomic E-state index is 13.2. The monoisotopic (exact) mass is 373 g/mol. The fraction of sp³-hybridized carbons (Fsp3) is 0.500. The maximum atomic E-state index is 13.2. The Morgan fingerprint density at radius 1 is 1.00 bits per heavy atom. The Morgan fingerprint density at radius 2 is 1.59 bits per heavy atom. The van der Waals surface area contributed by atoms with Crippen molar-refractivity contribution in [1.82, 2.24) is 0 Å². The lowest BCUT2D eigenvalue weighted by Crippen LogP contribution is -2.08. The minimum absolute atomic E-state index is 0.184. The third-order valence-electron chi connectivity index (χ3n) is 5.23. The summed E-state index contributed by atoms with van der Waals surface area (Å²) in [4.78, 5) is 0. The number of aryl methyl sites for hydroxylation is 1. The van der Waals surface area contributed by atoms with Crippen molar-refractivity contribution in [2.24, 2.45) is 11.3 Å². The molecule has 1 saturated carbocycles. The van der Waals surface area contributed by atoms with Crippen LogP contribution in [0.2, 0.25) is 0 Å². The van der Waals surface area contributed by atoms with Gasteiger partial charge < -0.3 is 10.1 Å². The largest absolute Gasteiger partial charge is 0.497 e. The van der Waals surface area contributed by atoms with Crippen LogP contribution >= 0.6 is 0 Å². The third kappa shape index (κ3) is 5.47. The van der Waals surface area contributed by atoms with Crippen LogP contribution in [0.1, 0.15) is 58.6 Å². The summed E-state index contributed by atoms with van der Waals surface area (Å²) in [5.74, 6) is 1.82. The number of methoxy groups -OCH3 is 1. The van der Waals surface area contributed by atoms with Gasteiger partial charge >= 0.3 is 0 Å². The smallest absolute Gasteiger partial charge is 0.123 e. The molecule has 27 heavy (non-hydrogen) atoms. The molecule has 0 bridgehead atoms. The highest BCUT2D eigenvalue weighted by Crippen LogP contribution is 2.64. The molecule has 1 aliphatic rings. The fourth-order valence-electron chi connectivity index (χ4n) is 3.64. The van der Waals surface area contributed by atoms with Crippen LogP contribution in [0.3, 0.4) is 0 Å². The normalized spacial score (nSPS) is 19.0. The van der Waals surface area contributed by atoms with Gasteiger partial charge in [-0.05, 0) is 65.6 Å². The van der Waals surface area contributed by atoms with Gasteiger partial charge in [0.15, 0.2) is 0 Å². The number of ether oxygens (including phenoxy) is 1. The molecular weight excluding hydrogens is 337 g/mol. The molecule has 0 amide bonds. The predicted octanol–water partition coefficient (Wildman–Crippen LogP) is 7.05. The highest BCUT2D eigenvalue weighted by atomic mass is 19.1. The lowest BCUT2D eigenvalue weighted by atomic mass is 10.0. The minimum atomic E-state index is -0.184. The second-order valence-corrected chi connectivity index (χ2v) is 7.02. The molecule has 3 heteroatoms. The zero-order valence-corrected chi connectivity index (χ0v) is 18.2. The van der Waals surface area contributed by atoms with Gasteiger partial charge in [-0.3, -0.25) is 0 Å². The molecule has 1 fully saturated rings. The Bertz CT molecular complexity index is 694. The Hall–Kier alpha value is -2.03. The van der Waals surface area contributed by atoms with Crippen LogP contribution in [0.5, 0.6) is 5.75 Å². The molecule has 2 nitrogen and oxygen atoms in total. The van der Waals surface area contributed by atoms with Crippen LogP contribution in [-0.4, -0.2) is 13.7 Å². The van der Waals surface area contributed by atoms with Crippen molar-refractivity contribution in [2.45, 2.75) is 54.4 Å². The second kappa shape index (κ2) is 10.3. The topological polar surface area (TPSA) is 21.3 Å². The van der Waals surface area contributed by atoms with E-state index in [0.717, 1.165) is 23.5 Å². The number of benzene rings is 2. The van der Waals surface area contributed by atoms with Crippen molar-refractivity contribution >= 4 is 5.69 Å². The van der Waals surface area contributed by atoms with Crippen molar-refractivity contribution < 1.29 is 9.13 Å². The van der Waals surface area contributed by atoms with E-state index in [1.54, 1.807) is 13.2 Å². The van der Waals surface area contributed by atoms with Gasteiger partial charge in [-0.15, -0.1) is 0 Å². The molecule has 2 unspecified atom stereocenters. The van der Waals surface area contributed by atoms with Crippen LogP contribution in [-0.2, 0) is 0 Å². The lowest BCUT2D eigenvalue weighted by Gasteiger charge is -2.10. The van der Waals surface area contributed by atoms with Crippen molar-refractivity contribution in [1.29, 1.82) is 0 Å². The number of nitrogens with one attached hydrogen (secondary N) is 1. The number of anilines is 1. The van der Waals surface area contributed by atoms with E-state index in [2.05, 4.69) is 31.3 Å². The van der Waals surface area contributed by atoms with Crippen molar-refractivity contribution in [3.05, 3.63) is 59.4 Å². The number of hydrogen-bond acceptors (Lipinski definition) is 2. The second-order valence-electron chi connectivity index (χ2n) is 7.02. The first-order valence-electron chi connectivity index (χ1n) is 10.1. The quantitative estimate of drug-likeness (QED) is 0.606. The minimum Gasteiger partial charge on any atom is -0.497 e. The van der Waals surface area contributed by atoms with E-state index in [0.29, 0.717) is 11.8 Å². The van der Waals surface area contributed by atoms with Crippen LogP contribution in [0.15, 0.2) is 42.5 Å². The molecule has 2 aromatic rings. The summed E-state index contributed by atoms with van der Waals surface area (Å²) in [6, 6.07) is 13.3. The average molecular weight is 374 g/mol. The molecule has 3 rings (SSSR count). The number of hydrogen-bond donors (Lipinski definition) is 1. The van der Waals surface area contributed by atoms with Gasteiger partial charge in [0.2, 0.25) is 0 Å². The summed E-state index contributed by atoms with van der Waals surface area (Å²) >= 11 is 0. The first kappa shape index (κ1) is 23.0. The standard InChI is InChI=1S/C20H24FNO.2C2H6/c1-13-11-15(21)7-10-18(13)22-12-17-19(20(17,2)3)14-5-8-16(23-4)9-6-14;2*1-2/h5-11,17,19,22H,12H2,1-4H3;2*1-2H3. The van der Waals surface area contributed by atoms with E-state index < -0.39 is 0 Å². The molecule has 150 valence electrons. The predicted molar refractivity (Wildman–Crippen MR) is 115 cm³/mol. The number of halogens is 1. The van der Waals surface area contributed by atoms with Gasteiger partial charge in [-0.1, -0.05) is 53.7 Å². The summed E-state index contributed by atoms with van der Waals surface area (Å²) < 4.78 is 18.4. The van der Waals surface area contributed by atoms with Gasteiger partial charge in [-0.2, -0.15) is 0 Å². The molecule has 0 saturated heterocycles. The summed E-state index contributed by atoms with van der Waals surface area (Å²) in [6.07, 6.45) is 0. The third-order valence-corrected chi connectivity index (χ3v) is 5.23. The van der Waals surface area contributed by atoms with E-state index >= 15 is 0 Å². The highest BCUT2D eigenvalue weighted by molar-refractivity contribution is 5.51. The zero-order valence-electron chi connectivity index (χ0n) is 18.2. The SMILES string of the molecule is CC.CC.COc1ccc(C2C(CNc3ccc(F)cc3C)C2(C)C)cc1. The van der Waals surface area contributed by atoms with Crippen LogP contribution in [0.25, 0.3) is 0 Å². The molecule has 0 aliphatic heterocycles. The van der Waals surface area contributed by atoms with E-state index in [1.807, 2.05) is 52.8 Å². The Labute approximate surface area is 165 Å². The van der Waals surface area contributed by atoms with Crippen molar-refractivity contribution in [3.63, 3.8) is 0 Å². The van der Waals surface area contributed by atoms with E-state index in [4.69, 9.17) is 4.74 Å². The molecule has 1 N–H and O–H groups in total. The molecule has 0 spiro atoms. The Morgan fingerprint density at radius 3 is 2.11 bits per heavy atom. The number of rotatable bonds is 5. The Balaban J connectivity index is 0.000000855. The van der Waals surface area contributed by atoms with Gasteiger partial charge in [-0.25, -0.2) is 4.39 Å². The summed E-state index contributed by atoms with van der Waals surface area (Å²) in [6.45, 7) is 15.5. The molecule has 2 atom stereocenters. The van der Waals surface area contributed by atoms with E-state index in [-0.39, 0.29) is 11.2 Å². The zero-order chi connectivity index (χ0) is 20.6.